The maximum atomic E-state index is 11.9. The van der Waals surface area contributed by atoms with Crippen molar-refractivity contribution in [2.24, 2.45) is 5.73 Å². The molecule has 0 aliphatic carbocycles. The van der Waals surface area contributed by atoms with Crippen LogP contribution in [0.25, 0.3) is 11.0 Å². The minimum Gasteiger partial charge on any atom is -0.423 e. The molecular formula is C15H16N2O3. The highest BCUT2D eigenvalue weighted by molar-refractivity contribution is 5.98. The van der Waals surface area contributed by atoms with Crippen LogP contribution in [0.3, 0.4) is 0 Å². The predicted molar refractivity (Wildman–Crippen MR) is 76.7 cm³/mol. The summed E-state index contributed by atoms with van der Waals surface area (Å²) >= 11 is 0. The lowest BCUT2D eigenvalue weighted by Gasteiger charge is -2.38. The predicted octanol–water partition coefficient (Wildman–Crippen LogP) is 1.94. The molecule has 20 heavy (non-hydrogen) atoms. The molecule has 2 aromatic rings. The van der Waals surface area contributed by atoms with Crippen LogP contribution in [0, 0.1) is 0 Å². The maximum absolute atomic E-state index is 11.9. The van der Waals surface area contributed by atoms with E-state index in [0.717, 1.165) is 16.6 Å². The van der Waals surface area contributed by atoms with E-state index in [4.69, 9.17) is 10.2 Å². The average Bonchev–Trinajstić information content (AvgIpc) is 2.37. The van der Waals surface area contributed by atoms with Crippen molar-refractivity contribution in [3.05, 3.63) is 40.2 Å². The van der Waals surface area contributed by atoms with E-state index in [1.165, 1.54) is 6.07 Å². The summed E-state index contributed by atoms with van der Waals surface area (Å²) in [4.78, 5) is 24.9. The van der Waals surface area contributed by atoms with Crippen LogP contribution >= 0.6 is 0 Å². The van der Waals surface area contributed by atoms with E-state index in [1.54, 1.807) is 30.0 Å². The second-order valence-corrected chi connectivity index (χ2v) is 5.24. The summed E-state index contributed by atoms with van der Waals surface area (Å²) < 4.78 is 5.18. The van der Waals surface area contributed by atoms with Crippen LogP contribution in [0.4, 0.5) is 5.69 Å². The summed E-state index contributed by atoms with van der Waals surface area (Å²) in [5.41, 5.74) is 8.04. The van der Waals surface area contributed by atoms with Crippen molar-refractivity contribution in [2.45, 2.75) is 32.4 Å². The van der Waals surface area contributed by atoms with Gasteiger partial charge in [-0.25, -0.2) is 4.79 Å². The monoisotopic (exact) mass is 272 g/mol. The number of carbonyl (C=O) groups is 1. The first-order chi connectivity index (χ1) is 9.49. The number of hydrogen-bond acceptors (Lipinski definition) is 4. The molecule has 1 aliphatic rings. The number of nitrogens with zero attached hydrogens (tertiary/aromatic N) is 1. The van der Waals surface area contributed by atoms with E-state index in [1.807, 2.05) is 6.92 Å². The van der Waals surface area contributed by atoms with E-state index in [-0.39, 0.29) is 18.0 Å². The van der Waals surface area contributed by atoms with Gasteiger partial charge in [-0.05, 0) is 31.5 Å². The fourth-order valence-corrected chi connectivity index (χ4v) is 3.07. The molecule has 1 aromatic heterocycles. The van der Waals surface area contributed by atoms with Crippen LogP contribution in [0.2, 0.25) is 0 Å². The van der Waals surface area contributed by atoms with E-state index in [2.05, 4.69) is 0 Å². The molecule has 2 atom stereocenters. The lowest BCUT2D eigenvalue weighted by molar-refractivity contribution is -0.117. The topological polar surface area (TPSA) is 76.5 Å². The van der Waals surface area contributed by atoms with Crippen LogP contribution in [-0.4, -0.2) is 11.9 Å². The Morgan fingerprint density at radius 1 is 1.35 bits per heavy atom. The Balaban J connectivity index is 2.33. The molecule has 0 saturated carbocycles. The van der Waals surface area contributed by atoms with Crippen molar-refractivity contribution in [2.75, 3.05) is 4.90 Å². The maximum Gasteiger partial charge on any atom is 0.336 e. The Kier molecular flexibility index (Phi) is 2.87. The Bertz CT molecular complexity index is 750. The van der Waals surface area contributed by atoms with Gasteiger partial charge in [-0.3, -0.25) is 4.79 Å². The first-order valence-electron chi connectivity index (χ1n) is 6.61. The van der Waals surface area contributed by atoms with Gasteiger partial charge in [0.15, 0.2) is 0 Å². The number of amides is 1. The molecule has 5 heteroatoms. The molecule has 1 aliphatic heterocycles. The number of carbonyl (C=O) groups excluding carboxylic acids is 1. The molecule has 5 nitrogen and oxygen atoms in total. The van der Waals surface area contributed by atoms with Gasteiger partial charge in [0.25, 0.3) is 0 Å². The molecule has 0 radical (unpaired) electrons. The van der Waals surface area contributed by atoms with Crippen molar-refractivity contribution in [3.8, 4) is 0 Å². The summed E-state index contributed by atoms with van der Waals surface area (Å²) in [6, 6.07) is 6.50. The van der Waals surface area contributed by atoms with Crippen molar-refractivity contribution in [3.63, 3.8) is 0 Å². The van der Waals surface area contributed by atoms with Crippen LogP contribution in [0.5, 0.6) is 0 Å². The Morgan fingerprint density at radius 3 is 2.80 bits per heavy atom. The number of rotatable bonds is 0. The van der Waals surface area contributed by atoms with E-state index >= 15 is 0 Å². The molecule has 3 rings (SSSR count). The molecule has 1 amide bonds. The molecule has 0 bridgehead atoms. The summed E-state index contributed by atoms with van der Waals surface area (Å²) in [7, 11) is 0. The number of nitrogens with two attached hydrogens (primary N) is 1. The molecule has 2 unspecified atom stereocenters. The number of benzene rings is 1. The second-order valence-electron chi connectivity index (χ2n) is 5.24. The second kappa shape index (κ2) is 4.45. The Labute approximate surface area is 116 Å². The standard InChI is InChI=1S/C15H16N2O3/c1-8-7-11(16)15-10-3-6-14(19)20-13(10)5-4-12(15)17(8)9(2)18/h3-6,8,11H,7,16H2,1-2H3. The normalized spacial score (nSPS) is 21.9. The third-order valence-electron chi connectivity index (χ3n) is 3.83. The highest BCUT2D eigenvalue weighted by Crippen LogP contribution is 2.40. The molecular weight excluding hydrogens is 256 g/mol. The highest BCUT2D eigenvalue weighted by atomic mass is 16.4. The zero-order chi connectivity index (χ0) is 14.4. The fraction of sp³-hybridized carbons (Fsp3) is 0.333. The van der Waals surface area contributed by atoms with Gasteiger partial charge in [0, 0.05) is 41.7 Å². The smallest absolute Gasteiger partial charge is 0.336 e. The van der Waals surface area contributed by atoms with Gasteiger partial charge in [-0.2, -0.15) is 0 Å². The summed E-state index contributed by atoms with van der Waals surface area (Å²) in [6.45, 7) is 3.53. The Morgan fingerprint density at radius 2 is 2.10 bits per heavy atom. The minimum absolute atomic E-state index is 0.0117. The van der Waals surface area contributed by atoms with E-state index in [9.17, 15) is 9.59 Å². The van der Waals surface area contributed by atoms with Gasteiger partial charge >= 0.3 is 5.63 Å². The zero-order valence-electron chi connectivity index (χ0n) is 11.4. The van der Waals surface area contributed by atoms with Crippen LogP contribution in [-0.2, 0) is 4.79 Å². The number of fused-ring (bicyclic) bond motifs is 3. The van der Waals surface area contributed by atoms with Crippen molar-refractivity contribution >= 4 is 22.6 Å². The molecule has 1 aromatic carbocycles. The van der Waals surface area contributed by atoms with Crippen LogP contribution in [0.15, 0.2) is 33.5 Å². The number of anilines is 1. The van der Waals surface area contributed by atoms with Crippen LogP contribution in [0.1, 0.15) is 31.9 Å². The van der Waals surface area contributed by atoms with Gasteiger partial charge in [-0.1, -0.05) is 0 Å². The summed E-state index contributed by atoms with van der Waals surface area (Å²) in [5, 5.41) is 0.799. The van der Waals surface area contributed by atoms with Gasteiger partial charge in [-0.15, -0.1) is 0 Å². The van der Waals surface area contributed by atoms with Gasteiger partial charge in [0.05, 0.1) is 0 Å². The average molecular weight is 272 g/mol. The summed E-state index contributed by atoms with van der Waals surface area (Å²) in [6.07, 6.45) is 0.685. The largest absolute Gasteiger partial charge is 0.423 e. The third kappa shape index (κ3) is 1.82. The molecule has 2 N–H and O–H groups in total. The third-order valence-corrected chi connectivity index (χ3v) is 3.83. The molecule has 0 spiro atoms. The van der Waals surface area contributed by atoms with Crippen LogP contribution < -0.4 is 16.3 Å². The molecule has 0 saturated heterocycles. The lowest BCUT2D eigenvalue weighted by Crippen LogP contribution is -2.43. The number of hydrogen-bond donors (Lipinski definition) is 1. The van der Waals surface area contributed by atoms with Crippen molar-refractivity contribution in [1.82, 2.24) is 0 Å². The molecule has 104 valence electrons. The van der Waals surface area contributed by atoms with Gasteiger partial charge in [0.2, 0.25) is 5.91 Å². The first-order valence-corrected chi connectivity index (χ1v) is 6.61. The Hall–Kier alpha value is -2.14. The lowest BCUT2D eigenvalue weighted by atomic mass is 9.89. The van der Waals surface area contributed by atoms with Crippen molar-refractivity contribution < 1.29 is 9.21 Å². The van der Waals surface area contributed by atoms with Gasteiger partial charge < -0.3 is 15.1 Å². The first kappa shape index (κ1) is 12.9. The minimum atomic E-state index is -0.390. The SMILES string of the molecule is CC(=O)N1c2ccc3oc(=O)ccc3c2C(N)CC1C. The fourth-order valence-electron chi connectivity index (χ4n) is 3.07. The van der Waals surface area contributed by atoms with Gasteiger partial charge in [0.1, 0.15) is 5.58 Å². The molecule has 2 heterocycles. The zero-order valence-corrected chi connectivity index (χ0v) is 11.4. The van der Waals surface area contributed by atoms with Crippen molar-refractivity contribution in [1.29, 1.82) is 0 Å². The molecule has 0 fully saturated rings. The summed E-state index contributed by atoms with van der Waals surface area (Å²) in [5.74, 6) is -0.0117. The van der Waals surface area contributed by atoms with E-state index < -0.39 is 5.63 Å². The quantitative estimate of drug-likeness (QED) is 0.743. The van der Waals surface area contributed by atoms with E-state index in [0.29, 0.717) is 12.0 Å². The highest BCUT2D eigenvalue weighted by Gasteiger charge is 2.32.